The molecule has 3 heteroatoms. The number of methoxy groups -OCH3 is 2. The summed E-state index contributed by atoms with van der Waals surface area (Å²) in [4.78, 5) is 0. The van der Waals surface area contributed by atoms with Gasteiger partial charge in [-0.1, -0.05) is 108 Å². The van der Waals surface area contributed by atoms with Gasteiger partial charge in [0.25, 0.3) is 0 Å². The second-order valence-corrected chi connectivity index (χ2v) is 15.2. The van der Waals surface area contributed by atoms with Crippen LogP contribution in [0.15, 0.2) is 0 Å². The van der Waals surface area contributed by atoms with E-state index in [-0.39, 0.29) is 12.6 Å². The first-order chi connectivity index (χ1) is 19.4. The van der Waals surface area contributed by atoms with Gasteiger partial charge in [-0.2, -0.15) is 0 Å². The highest BCUT2D eigenvalue weighted by Crippen LogP contribution is 2.29. The SMILES string of the molecule is CCCC(C)CC(C)CC(C)CC(C)CCCC(OC)OC(CCCC(C)CC(C)CC(C)CC(C)CCC)OC. The van der Waals surface area contributed by atoms with Crippen molar-refractivity contribution in [2.75, 3.05) is 14.2 Å². The molecule has 41 heavy (non-hydrogen) atoms. The van der Waals surface area contributed by atoms with Gasteiger partial charge in [0.05, 0.1) is 0 Å². The Morgan fingerprint density at radius 2 is 0.634 bits per heavy atom. The fourth-order valence-corrected chi connectivity index (χ4v) is 7.88. The van der Waals surface area contributed by atoms with Crippen LogP contribution in [-0.4, -0.2) is 26.8 Å². The third-order valence-electron chi connectivity index (χ3n) is 9.49. The molecular formula is C38H78O3. The largest absolute Gasteiger partial charge is 0.356 e. The lowest BCUT2D eigenvalue weighted by Crippen LogP contribution is -2.25. The molecule has 0 aromatic heterocycles. The van der Waals surface area contributed by atoms with Gasteiger partial charge in [0, 0.05) is 14.2 Å². The maximum atomic E-state index is 6.25. The highest BCUT2D eigenvalue weighted by atomic mass is 16.8. The highest BCUT2D eigenvalue weighted by Gasteiger charge is 2.19. The van der Waals surface area contributed by atoms with Crippen molar-refractivity contribution in [2.24, 2.45) is 47.3 Å². The molecule has 0 aromatic carbocycles. The van der Waals surface area contributed by atoms with Gasteiger partial charge in [0.15, 0.2) is 12.6 Å². The fourth-order valence-electron chi connectivity index (χ4n) is 7.88. The van der Waals surface area contributed by atoms with Crippen molar-refractivity contribution < 1.29 is 14.2 Å². The summed E-state index contributed by atoms with van der Waals surface area (Å²) < 4.78 is 17.7. The van der Waals surface area contributed by atoms with E-state index in [0.717, 1.165) is 73.0 Å². The second kappa shape index (κ2) is 25.2. The first kappa shape index (κ1) is 40.9. The molecular weight excluding hydrogens is 504 g/mol. The fraction of sp³-hybridized carbons (Fsp3) is 1.00. The minimum atomic E-state index is -0.168. The molecule has 0 fully saturated rings. The number of hydrogen-bond donors (Lipinski definition) is 0. The van der Waals surface area contributed by atoms with Crippen LogP contribution in [0.3, 0.4) is 0 Å². The first-order valence-corrected chi connectivity index (χ1v) is 18.1. The van der Waals surface area contributed by atoms with E-state index < -0.39 is 0 Å². The molecule has 0 aliphatic carbocycles. The minimum Gasteiger partial charge on any atom is -0.356 e. The summed E-state index contributed by atoms with van der Waals surface area (Å²) in [5.74, 6) is 6.56. The average Bonchev–Trinajstić information content (AvgIpc) is 2.86. The molecule has 0 heterocycles. The predicted molar refractivity (Wildman–Crippen MR) is 181 cm³/mol. The van der Waals surface area contributed by atoms with Crippen molar-refractivity contribution in [1.82, 2.24) is 0 Å². The van der Waals surface area contributed by atoms with E-state index in [4.69, 9.17) is 14.2 Å². The molecule has 0 aliphatic rings. The first-order valence-electron chi connectivity index (χ1n) is 18.1. The second-order valence-electron chi connectivity index (χ2n) is 15.2. The van der Waals surface area contributed by atoms with Gasteiger partial charge >= 0.3 is 0 Å². The molecule has 0 bridgehead atoms. The average molecular weight is 583 g/mol. The molecule has 0 saturated carbocycles. The van der Waals surface area contributed by atoms with Gasteiger partial charge in [0.1, 0.15) is 0 Å². The Labute approximate surface area is 260 Å². The lowest BCUT2D eigenvalue weighted by atomic mass is 9.83. The predicted octanol–water partition coefficient (Wildman–Crippen LogP) is 12.3. The Morgan fingerprint density at radius 1 is 0.366 bits per heavy atom. The van der Waals surface area contributed by atoms with Crippen molar-refractivity contribution in [3.05, 3.63) is 0 Å². The van der Waals surface area contributed by atoms with Crippen molar-refractivity contribution in [3.8, 4) is 0 Å². The maximum absolute atomic E-state index is 6.25. The van der Waals surface area contributed by atoms with E-state index in [1.165, 1.54) is 77.0 Å². The van der Waals surface area contributed by atoms with Crippen LogP contribution < -0.4 is 0 Å². The Bertz CT molecular complexity index is 518. The van der Waals surface area contributed by atoms with Gasteiger partial charge in [-0.3, -0.25) is 0 Å². The molecule has 0 spiro atoms. The molecule has 248 valence electrons. The Morgan fingerprint density at radius 3 is 0.902 bits per heavy atom. The molecule has 0 saturated heterocycles. The number of hydrogen-bond acceptors (Lipinski definition) is 3. The molecule has 10 atom stereocenters. The Kier molecular flexibility index (Phi) is 25.2. The molecule has 0 amide bonds. The lowest BCUT2D eigenvalue weighted by molar-refractivity contribution is -0.233. The van der Waals surface area contributed by atoms with E-state index in [0.29, 0.717) is 0 Å². The number of ether oxygens (including phenoxy) is 3. The molecule has 0 aromatic rings. The molecule has 10 unspecified atom stereocenters. The van der Waals surface area contributed by atoms with Crippen LogP contribution in [-0.2, 0) is 14.2 Å². The van der Waals surface area contributed by atoms with Crippen LogP contribution in [0.1, 0.15) is 172 Å². The zero-order chi connectivity index (χ0) is 31.2. The molecule has 0 aliphatic heterocycles. The summed E-state index contributed by atoms with van der Waals surface area (Å²) in [6.45, 7) is 24.1. The van der Waals surface area contributed by atoms with Crippen LogP contribution in [0.25, 0.3) is 0 Å². The molecule has 0 radical (unpaired) electrons. The van der Waals surface area contributed by atoms with Gasteiger partial charge in [-0.25, -0.2) is 0 Å². The van der Waals surface area contributed by atoms with Crippen molar-refractivity contribution in [3.63, 3.8) is 0 Å². The number of rotatable bonds is 28. The summed E-state index contributed by atoms with van der Waals surface area (Å²) in [5.41, 5.74) is 0. The summed E-state index contributed by atoms with van der Waals surface area (Å²) in [5, 5.41) is 0. The standard InChI is InChI=1S/C38H78O3/c1-13-17-29(3)23-33(7)27-35(9)25-31(5)19-15-21-37(39-11)41-38(40-12)22-16-20-32(6)26-36(10)28-34(8)24-30(4)18-14-2/h29-38H,13-28H2,1-12H3. The topological polar surface area (TPSA) is 27.7 Å². The van der Waals surface area contributed by atoms with E-state index in [2.05, 4.69) is 69.2 Å². The molecule has 0 rings (SSSR count). The monoisotopic (exact) mass is 583 g/mol. The van der Waals surface area contributed by atoms with Crippen molar-refractivity contribution in [1.29, 1.82) is 0 Å². The lowest BCUT2D eigenvalue weighted by Gasteiger charge is -2.25. The highest BCUT2D eigenvalue weighted by molar-refractivity contribution is 4.68. The molecule has 0 N–H and O–H groups in total. The minimum absolute atomic E-state index is 0.168. The van der Waals surface area contributed by atoms with Gasteiger partial charge in [-0.05, 0) is 112 Å². The third kappa shape index (κ3) is 23.0. The normalized spacial score (nSPS) is 19.6. The van der Waals surface area contributed by atoms with Crippen LogP contribution in [0.4, 0.5) is 0 Å². The quantitative estimate of drug-likeness (QED) is 0.0859. The summed E-state index contributed by atoms with van der Waals surface area (Å²) >= 11 is 0. The van der Waals surface area contributed by atoms with Gasteiger partial charge in [-0.15, -0.1) is 0 Å². The van der Waals surface area contributed by atoms with Gasteiger partial charge < -0.3 is 14.2 Å². The molecule has 3 nitrogen and oxygen atoms in total. The van der Waals surface area contributed by atoms with E-state index in [1.54, 1.807) is 14.2 Å². The Hall–Kier alpha value is -0.120. The van der Waals surface area contributed by atoms with Crippen molar-refractivity contribution >= 4 is 0 Å². The van der Waals surface area contributed by atoms with E-state index >= 15 is 0 Å². The van der Waals surface area contributed by atoms with Crippen molar-refractivity contribution in [2.45, 2.75) is 185 Å². The zero-order valence-electron chi connectivity index (χ0n) is 30.3. The smallest absolute Gasteiger partial charge is 0.160 e. The van der Waals surface area contributed by atoms with E-state index in [9.17, 15) is 0 Å². The maximum Gasteiger partial charge on any atom is 0.160 e. The zero-order valence-corrected chi connectivity index (χ0v) is 30.3. The Balaban J connectivity index is 4.25. The van der Waals surface area contributed by atoms with Crippen LogP contribution >= 0.6 is 0 Å². The van der Waals surface area contributed by atoms with Crippen LogP contribution in [0, 0.1) is 47.3 Å². The summed E-state index contributed by atoms with van der Waals surface area (Å²) in [6.07, 6.45) is 19.9. The van der Waals surface area contributed by atoms with Crippen LogP contribution in [0.5, 0.6) is 0 Å². The third-order valence-corrected chi connectivity index (χ3v) is 9.49. The summed E-state index contributed by atoms with van der Waals surface area (Å²) in [7, 11) is 3.55. The van der Waals surface area contributed by atoms with E-state index in [1.807, 2.05) is 0 Å². The summed E-state index contributed by atoms with van der Waals surface area (Å²) in [6, 6.07) is 0. The van der Waals surface area contributed by atoms with Crippen LogP contribution in [0.2, 0.25) is 0 Å². The van der Waals surface area contributed by atoms with Gasteiger partial charge in [0.2, 0.25) is 0 Å².